The number of nitrogens with zero attached hydrogens (tertiary/aromatic N) is 2. The van der Waals surface area contributed by atoms with Gasteiger partial charge in [-0.3, -0.25) is 14.7 Å². The number of benzene rings is 1. The number of amides is 1. The Kier molecular flexibility index (Phi) is 6.79. The molecule has 2 heterocycles. The van der Waals surface area contributed by atoms with Crippen LogP contribution in [0.5, 0.6) is 5.75 Å². The normalized spacial score (nSPS) is 16.7. The summed E-state index contributed by atoms with van der Waals surface area (Å²) < 4.78 is 5.31. The zero-order valence-corrected chi connectivity index (χ0v) is 15.7. The molecule has 1 aromatic carbocycles. The third-order valence-electron chi connectivity index (χ3n) is 5.11. The van der Waals surface area contributed by atoms with Crippen LogP contribution in [-0.2, 0) is 11.3 Å². The number of aliphatic hydroxyl groups is 1. The first-order valence-electron chi connectivity index (χ1n) is 9.37. The largest absolute Gasteiger partial charge is 0.496 e. The Morgan fingerprint density at radius 2 is 2.00 bits per heavy atom. The topological polar surface area (TPSA) is 74.7 Å². The van der Waals surface area contributed by atoms with Crippen LogP contribution < -0.4 is 10.1 Å². The standard InChI is InChI=1S/C21H27N3O3/c1-27-19-8-3-2-6-17(19)14-23-20(25)15-24-12-9-16(10-13-24)21(26)18-7-4-5-11-22-18/h2-8,11,16,21,26H,9-10,12-15H2,1H3,(H,23,25). The van der Waals surface area contributed by atoms with Crippen LogP contribution in [0.1, 0.15) is 30.2 Å². The fourth-order valence-electron chi connectivity index (χ4n) is 3.52. The predicted octanol–water partition coefficient (Wildman–Crippen LogP) is 2.15. The average Bonchev–Trinajstić information content (AvgIpc) is 2.73. The molecule has 1 atom stereocenters. The van der Waals surface area contributed by atoms with Gasteiger partial charge in [0.25, 0.3) is 0 Å². The lowest BCUT2D eigenvalue weighted by molar-refractivity contribution is -0.122. The third-order valence-corrected chi connectivity index (χ3v) is 5.11. The van der Waals surface area contributed by atoms with Crippen molar-refractivity contribution in [3.63, 3.8) is 0 Å². The van der Waals surface area contributed by atoms with Crippen molar-refractivity contribution in [2.75, 3.05) is 26.7 Å². The predicted molar refractivity (Wildman–Crippen MR) is 103 cm³/mol. The second-order valence-electron chi connectivity index (χ2n) is 6.90. The number of aliphatic hydroxyl groups excluding tert-OH is 1. The maximum atomic E-state index is 12.3. The quantitative estimate of drug-likeness (QED) is 0.782. The van der Waals surface area contributed by atoms with Gasteiger partial charge in [0.1, 0.15) is 5.75 Å². The van der Waals surface area contributed by atoms with Crippen LogP contribution in [0.15, 0.2) is 48.7 Å². The number of methoxy groups -OCH3 is 1. The number of pyridine rings is 1. The van der Waals surface area contributed by atoms with Gasteiger partial charge in [-0.05, 0) is 50.0 Å². The van der Waals surface area contributed by atoms with E-state index in [2.05, 4.69) is 15.2 Å². The van der Waals surface area contributed by atoms with E-state index in [1.54, 1.807) is 13.3 Å². The van der Waals surface area contributed by atoms with Gasteiger partial charge in [0.2, 0.25) is 5.91 Å². The summed E-state index contributed by atoms with van der Waals surface area (Å²) in [6.45, 7) is 2.44. The number of para-hydroxylation sites is 1. The molecule has 0 saturated carbocycles. The SMILES string of the molecule is COc1ccccc1CNC(=O)CN1CCC(C(O)c2ccccn2)CC1. The zero-order chi connectivity index (χ0) is 19.1. The molecule has 0 spiro atoms. The van der Waals surface area contributed by atoms with Crippen LogP contribution in [0.3, 0.4) is 0 Å². The highest BCUT2D eigenvalue weighted by atomic mass is 16.5. The number of carbonyl (C=O) groups excluding carboxylic acids is 1. The molecule has 1 amide bonds. The molecule has 6 nitrogen and oxygen atoms in total. The lowest BCUT2D eigenvalue weighted by atomic mass is 9.89. The molecule has 27 heavy (non-hydrogen) atoms. The first kappa shape index (κ1) is 19.3. The van der Waals surface area contributed by atoms with Gasteiger partial charge >= 0.3 is 0 Å². The summed E-state index contributed by atoms with van der Waals surface area (Å²) in [5, 5.41) is 13.5. The number of carbonyl (C=O) groups is 1. The fraction of sp³-hybridized carbons (Fsp3) is 0.429. The average molecular weight is 369 g/mol. The smallest absolute Gasteiger partial charge is 0.234 e. The van der Waals surface area contributed by atoms with Crippen molar-refractivity contribution in [1.29, 1.82) is 0 Å². The van der Waals surface area contributed by atoms with E-state index < -0.39 is 6.10 Å². The van der Waals surface area contributed by atoms with Crippen LogP contribution >= 0.6 is 0 Å². The molecule has 0 radical (unpaired) electrons. The number of likely N-dealkylation sites (tertiary alicyclic amines) is 1. The summed E-state index contributed by atoms with van der Waals surface area (Å²) in [7, 11) is 1.63. The lowest BCUT2D eigenvalue weighted by Crippen LogP contribution is -2.42. The first-order chi connectivity index (χ1) is 13.2. The molecule has 2 N–H and O–H groups in total. The van der Waals surface area contributed by atoms with Crippen LogP contribution in [0.4, 0.5) is 0 Å². The van der Waals surface area contributed by atoms with Gasteiger partial charge in [-0.2, -0.15) is 0 Å². The molecule has 144 valence electrons. The Hall–Kier alpha value is -2.44. The van der Waals surface area contributed by atoms with E-state index in [0.717, 1.165) is 42.9 Å². The molecule has 1 unspecified atom stereocenters. The maximum Gasteiger partial charge on any atom is 0.234 e. The van der Waals surface area contributed by atoms with Crippen molar-refractivity contribution in [3.05, 3.63) is 59.9 Å². The molecule has 6 heteroatoms. The zero-order valence-electron chi connectivity index (χ0n) is 15.7. The number of nitrogens with one attached hydrogen (secondary N) is 1. The van der Waals surface area contributed by atoms with E-state index in [1.165, 1.54) is 0 Å². The number of piperidine rings is 1. The monoisotopic (exact) mass is 369 g/mol. The fourth-order valence-corrected chi connectivity index (χ4v) is 3.52. The van der Waals surface area contributed by atoms with Crippen molar-refractivity contribution in [2.24, 2.45) is 5.92 Å². The van der Waals surface area contributed by atoms with Crippen molar-refractivity contribution >= 4 is 5.91 Å². The van der Waals surface area contributed by atoms with E-state index in [-0.39, 0.29) is 11.8 Å². The minimum Gasteiger partial charge on any atom is -0.496 e. The molecule has 0 bridgehead atoms. The Labute approximate surface area is 160 Å². The molecule has 1 aliphatic rings. The van der Waals surface area contributed by atoms with Crippen LogP contribution in [-0.4, -0.2) is 47.6 Å². The highest BCUT2D eigenvalue weighted by Gasteiger charge is 2.27. The molecule has 1 fully saturated rings. The van der Waals surface area contributed by atoms with Gasteiger partial charge in [-0.25, -0.2) is 0 Å². The molecule has 1 aromatic heterocycles. The minimum absolute atomic E-state index is 0.00429. The molecule has 2 aromatic rings. The number of hydrogen-bond acceptors (Lipinski definition) is 5. The van der Waals surface area contributed by atoms with Crippen LogP contribution in [0.25, 0.3) is 0 Å². The third kappa shape index (κ3) is 5.28. The van der Waals surface area contributed by atoms with Crippen LogP contribution in [0.2, 0.25) is 0 Å². The van der Waals surface area contributed by atoms with Crippen molar-refractivity contribution < 1.29 is 14.6 Å². The number of ether oxygens (including phenoxy) is 1. The summed E-state index contributed by atoms with van der Waals surface area (Å²) in [5.41, 5.74) is 1.69. The summed E-state index contributed by atoms with van der Waals surface area (Å²) in [4.78, 5) is 18.7. The molecule has 1 saturated heterocycles. The van der Waals surface area contributed by atoms with E-state index in [1.807, 2.05) is 42.5 Å². The van der Waals surface area contributed by atoms with Gasteiger partial charge in [0.15, 0.2) is 0 Å². The first-order valence-corrected chi connectivity index (χ1v) is 9.37. The van der Waals surface area contributed by atoms with Gasteiger partial charge in [0.05, 0.1) is 25.5 Å². The minimum atomic E-state index is -0.535. The van der Waals surface area contributed by atoms with E-state index >= 15 is 0 Å². The van der Waals surface area contributed by atoms with Gasteiger partial charge in [-0.15, -0.1) is 0 Å². The van der Waals surface area contributed by atoms with Gasteiger partial charge < -0.3 is 15.2 Å². The second kappa shape index (κ2) is 9.48. The maximum absolute atomic E-state index is 12.3. The molecule has 3 rings (SSSR count). The van der Waals surface area contributed by atoms with Gasteiger partial charge in [-0.1, -0.05) is 24.3 Å². The summed E-state index contributed by atoms with van der Waals surface area (Å²) in [6, 6.07) is 13.3. The Morgan fingerprint density at radius 3 is 2.70 bits per heavy atom. The Bertz CT molecular complexity index is 730. The Balaban J connectivity index is 1.43. The van der Waals surface area contributed by atoms with Crippen molar-refractivity contribution in [2.45, 2.75) is 25.5 Å². The lowest BCUT2D eigenvalue weighted by Gasteiger charge is -2.33. The van der Waals surface area contributed by atoms with E-state index in [9.17, 15) is 9.90 Å². The number of aromatic nitrogens is 1. The van der Waals surface area contributed by atoms with E-state index in [4.69, 9.17) is 4.74 Å². The molecule has 0 aliphatic carbocycles. The summed E-state index contributed by atoms with van der Waals surface area (Å²) in [5.74, 6) is 0.972. The number of rotatable bonds is 7. The highest BCUT2D eigenvalue weighted by molar-refractivity contribution is 5.78. The summed E-state index contributed by atoms with van der Waals surface area (Å²) in [6.07, 6.45) is 2.89. The highest BCUT2D eigenvalue weighted by Crippen LogP contribution is 2.29. The Morgan fingerprint density at radius 1 is 1.26 bits per heavy atom. The van der Waals surface area contributed by atoms with Crippen LogP contribution in [0, 0.1) is 5.92 Å². The summed E-state index contributed by atoms with van der Waals surface area (Å²) >= 11 is 0. The molecular weight excluding hydrogens is 342 g/mol. The van der Waals surface area contributed by atoms with E-state index in [0.29, 0.717) is 13.1 Å². The number of hydrogen-bond donors (Lipinski definition) is 2. The van der Waals surface area contributed by atoms with Gasteiger partial charge in [0, 0.05) is 18.3 Å². The second-order valence-corrected chi connectivity index (χ2v) is 6.90. The van der Waals surface area contributed by atoms with Crippen molar-refractivity contribution in [1.82, 2.24) is 15.2 Å². The van der Waals surface area contributed by atoms with Crippen molar-refractivity contribution in [3.8, 4) is 5.75 Å². The molecule has 1 aliphatic heterocycles. The molecular formula is C21H27N3O3.